The fourth-order valence-corrected chi connectivity index (χ4v) is 3.10. The van der Waals surface area contributed by atoms with Crippen LogP contribution in [-0.2, 0) is 12.8 Å². The van der Waals surface area contributed by atoms with E-state index >= 15 is 0 Å². The first kappa shape index (κ1) is 12.7. The van der Waals surface area contributed by atoms with Crippen molar-refractivity contribution in [1.29, 1.82) is 0 Å². The molecular formula is C15H14ClN3O2. The number of nitrogen functional groups attached to an aromatic ring is 1. The van der Waals surface area contributed by atoms with E-state index in [9.17, 15) is 0 Å². The third kappa shape index (κ3) is 2.08. The fourth-order valence-electron chi connectivity index (χ4n) is 2.83. The average Bonchev–Trinajstić information content (AvgIpc) is 2.96. The number of ether oxygens (including phenoxy) is 2. The zero-order valence-electron chi connectivity index (χ0n) is 11.4. The molecule has 2 aliphatic rings. The highest BCUT2D eigenvalue weighted by Crippen LogP contribution is 2.41. The van der Waals surface area contributed by atoms with Gasteiger partial charge in [-0.05, 0) is 31.4 Å². The predicted octanol–water partition coefficient (Wildman–Crippen LogP) is 2.64. The molecule has 0 amide bonds. The predicted molar refractivity (Wildman–Crippen MR) is 79.9 cm³/mol. The summed E-state index contributed by atoms with van der Waals surface area (Å²) in [6.45, 7) is 1.02. The number of aromatic nitrogens is 2. The monoisotopic (exact) mass is 303 g/mol. The Bertz CT molecular complexity index is 733. The van der Waals surface area contributed by atoms with E-state index in [-0.39, 0.29) is 0 Å². The number of benzene rings is 1. The second-order valence-corrected chi connectivity index (χ2v) is 5.60. The zero-order valence-corrected chi connectivity index (χ0v) is 12.1. The zero-order chi connectivity index (χ0) is 14.4. The molecule has 2 aromatic rings. The molecule has 0 unspecified atom stereocenters. The van der Waals surface area contributed by atoms with Crippen LogP contribution in [0.3, 0.4) is 0 Å². The SMILES string of the molecule is Nc1nc(-c2cc(Cl)c3c(c2)OCCO3)nc2c1CCC2. The van der Waals surface area contributed by atoms with Crippen LogP contribution in [0.1, 0.15) is 17.7 Å². The van der Waals surface area contributed by atoms with Gasteiger partial charge in [0, 0.05) is 16.8 Å². The van der Waals surface area contributed by atoms with Crippen molar-refractivity contribution in [1.82, 2.24) is 9.97 Å². The third-order valence-electron chi connectivity index (χ3n) is 3.82. The molecule has 5 nitrogen and oxygen atoms in total. The third-order valence-corrected chi connectivity index (χ3v) is 4.10. The number of hydrogen-bond donors (Lipinski definition) is 1. The summed E-state index contributed by atoms with van der Waals surface area (Å²) in [5.41, 5.74) is 8.97. The van der Waals surface area contributed by atoms with Crippen LogP contribution in [0.5, 0.6) is 11.5 Å². The van der Waals surface area contributed by atoms with Gasteiger partial charge in [-0.15, -0.1) is 0 Å². The number of nitrogens with zero attached hydrogens (tertiary/aromatic N) is 2. The summed E-state index contributed by atoms with van der Waals surface area (Å²) in [6, 6.07) is 3.65. The van der Waals surface area contributed by atoms with Gasteiger partial charge in [0.15, 0.2) is 17.3 Å². The summed E-state index contributed by atoms with van der Waals surface area (Å²) >= 11 is 6.26. The summed E-state index contributed by atoms with van der Waals surface area (Å²) in [5.74, 6) is 2.37. The molecule has 0 saturated heterocycles. The van der Waals surface area contributed by atoms with Gasteiger partial charge in [0.25, 0.3) is 0 Å². The lowest BCUT2D eigenvalue weighted by molar-refractivity contribution is 0.172. The molecule has 4 rings (SSSR count). The average molecular weight is 304 g/mol. The lowest BCUT2D eigenvalue weighted by Crippen LogP contribution is -2.15. The Morgan fingerprint density at radius 1 is 1.10 bits per heavy atom. The van der Waals surface area contributed by atoms with Crippen LogP contribution in [0, 0.1) is 0 Å². The topological polar surface area (TPSA) is 70.3 Å². The molecule has 2 heterocycles. The minimum Gasteiger partial charge on any atom is -0.486 e. The quantitative estimate of drug-likeness (QED) is 0.877. The van der Waals surface area contributed by atoms with Crippen LogP contribution in [0.15, 0.2) is 12.1 Å². The maximum Gasteiger partial charge on any atom is 0.179 e. The van der Waals surface area contributed by atoms with Gasteiger partial charge in [-0.25, -0.2) is 9.97 Å². The largest absolute Gasteiger partial charge is 0.486 e. The Balaban J connectivity index is 1.84. The molecule has 0 bridgehead atoms. The maximum atomic E-state index is 6.26. The molecule has 108 valence electrons. The van der Waals surface area contributed by atoms with E-state index in [0.29, 0.717) is 41.4 Å². The summed E-state index contributed by atoms with van der Waals surface area (Å²) in [7, 11) is 0. The first-order valence-electron chi connectivity index (χ1n) is 6.97. The van der Waals surface area contributed by atoms with Gasteiger partial charge < -0.3 is 15.2 Å². The van der Waals surface area contributed by atoms with Gasteiger partial charge in [-0.3, -0.25) is 0 Å². The summed E-state index contributed by atoms with van der Waals surface area (Å²) < 4.78 is 11.1. The summed E-state index contributed by atoms with van der Waals surface area (Å²) in [6.07, 6.45) is 3.00. The Hall–Kier alpha value is -2.01. The number of hydrogen-bond acceptors (Lipinski definition) is 5. The molecular weight excluding hydrogens is 290 g/mol. The Morgan fingerprint density at radius 3 is 2.86 bits per heavy atom. The van der Waals surface area contributed by atoms with Gasteiger partial charge in [0.05, 0.1) is 5.02 Å². The molecule has 21 heavy (non-hydrogen) atoms. The number of anilines is 1. The van der Waals surface area contributed by atoms with E-state index in [2.05, 4.69) is 9.97 Å². The van der Waals surface area contributed by atoms with Crippen LogP contribution in [0.25, 0.3) is 11.4 Å². The maximum absolute atomic E-state index is 6.26. The summed E-state index contributed by atoms with van der Waals surface area (Å²) in [4.78, 5) is 9.04. The molecule has 6 heteroatoms. The van der Waals surface area contributed by atoms with Gasteiger partial charge in [0.1, 0.15) is 19.0 Å². The summed E-state index contributed by atoms with van der Waals surface area (Å²) in [5, 5.41) is 0.505. The van der Waals surface area contributed by atoms with Gasteiger partial charge in [-0.2, -0.15) is 0 Å². The van der Waals surface area contributed by atoms with Crippen molar-refractivity contribution < 1.29 is 9.47 Å². The standard InChI is InChI=1S/C15H14ClN3O2/c16-10-6-8(7-12-13(10)21-5-4-20-12)15-18-11-3-1-2-9(11)14(17)19-15/h6-7H,1-5H2,(H2,17,18,19). The normalized spacial score (nSPS) is 15.9. The van der Waals surface area contributed by atoms with Crippen LogP contribution >= 0.6 is 11.6 Å². The highest BCUT2D eigenvalue weighted by molar-refractivity contribution is 6.32. The minimum atomic E-state index is 0.505. The molecule has 0 fully saturated rings. The molecule has 1 aliphatic heterocycles. The highest BCUT2D eigenvalue weighted by atomic mass is 35.5. The lowest BCUT2D eigenvalue weighted by Gasteiger charge is -2.20. The van der Waals surface area contributed by atoms with E-state index in [1.165, 1.54) is 0 Å². The Labute approximate surface area is 127 Å². The first-order chi connectivity index (χ1) is 10.2. The van der Waals surface area contributed by atoms with Gasteiger partial charge in [0.2, 0.25) is 0 Å². The van der Waals surface area contributed by atoms with E-state index in [1.807, 2.05) is 6.07 Å². The Morgan fingerprint density at radius 2 is 1.95 bits per heavy atom. The molecule has 0 spiro atoms. The Kier molecular flexibility index (Phi) is 2.89. The van der Waals surface area contributed by atoms with Crippen molar-refractivity contribution in [2.75, 3.05) is 18.9 Å². The van der Waals surface area contributed by atoms with Crippen molar-refractivity contribution in [3.63, 3.8) is 0 Å². The number of nitrogens with two attached hydrogens (primary N) is 1. The second-order valence-electron chi connectivity index (χ2n) is 5.19. The molecule has 0 saturated carbocycles. The smallest absolute Gasteiger partial charge is 0.179 e. The molecule has 2 N–H and O–H groups in total. The molecule has 0 radical (unpaired) electrons. The van der Waals surface area contributed by atoms with E-state index < -0.39 is 0 Å². The molecule has 1 aromatic carbocycles. The minimum absolute atomic E-state index is 0.505. The van der Waals surface area contributed by atoms with Crippen molar-refractivity contribution in [2.24, 2.45) is 0 Å². The van der Waals surface area contributed by atoms with E-state index in [0.717, 1.165) is 36.1 Å². The van der Waals surface area contributed by atoms with Crippen molar-refractivity contribution in [2.45, 2.75) is 19.3 Å². The number of rotatable bonds is 1. The van der Waals surface area contributed by atoms with Crippen LogP contribution in [-0.4, -0.2) is 23.2 Å². The first-order valence-corrected chi connectivity index (χ1v) is 7.35. The molecule has 1 aliphatic carbocycles. The number of aryl methyl sites for hydroxylation is 1. The van der Waals surface area contributed by atoms with Gasteiger partial charge >= 0.3 is 0 Å². The van der Waals surface area contributed by atoms with Crippen LogP contribution in [0.4, 0.5) is 5.82 Å². The van der Waals surface area contributed by atoms with Crippen molar-refractivity contribution in [3.05, 3.63) is 28.4 Å². The van der Waals surface area contributed by atoms with Crippen molar-refractivity contribution >= 4 is 17.4 Å². The van der Waals surface area contributed by atoms with Crippen molar-refractivity contribution in [3.8, 4) is 22.9 Å². The number of halogens is 1. The van der Waals surface area contributed by atoms with E-state index in [1.54, 1.807) is 6.07 Å². The van der Waals surface area contributed by atoms with Gasteiger partial charge in [-0.1, -0.05) is 11.6 Å². The molecule has 1 aromatic heterocycles. The second kappa shape index (κ2) is 4.77. The van der Waals surface area contributed by atoms with E-state index in [4.69, 9.17) is 26.8 Å². The lowest BCUT2D eigenvalue weighted by atomic mass is 10.1. The molecule has 0 atom stereocenters. The highest BCUT2D eigenvalue weighted by Gasteiger charge is 2.21. The fraction of sp³-hybridized carbons (Fsp3) is 0.333. The van der Waals surface area contributed by atoms with Crippen LogP contribution in [0.2, 0.25) is 5.02 Å². The number of fused-ring (bicyclic) bond motifs is 2. The van der Waals surface area contributed by atoms with Crippen LogP contribution < -0.4 is 15.2 Å².